The number of rotatable bonds is 4. The Morgan fingerprint density at radius 3 is 2.78 bits per heavy atom. The molecule has 0 aromatic heterocycles. The van der Waals surface area contributed by atoms with Gasteiger partial charge in [0.05, 0.1) is 32.0 Å². The Morgan fingerprint density at radius 2 is 2.04 bits per heavy atom. The van der Waals surface area contributed by atoms with E-state index in [0.717, 1.165) is 29.3 Å². The van der Waals surface area contributed by atoms with Crippen molar-refractivity contribution in [1.82, 2.24) is 0 Å². The minimum absolute atomic E-state index is 0.542. The Balaban J connectivity index is 1.89. The zero-order chi connectivity index (χ0) is 16.2. The molecule has 1 aliphatic heterocycles. The van der Waals surface area contributed by atoms with Gasteiger partial charge in [-0.05, 0) is 29.8 Å². The van der Waals surface area contributed by atoms with E-state index < -0.39 is 0 Å². The van der Waals surface area contributed by atoms with Gasteiger partial charge in [0.25, 0.3) is 0 Å². The molecule has 0 bridgehead atoms. The summed E-state index contributed by atoms with van der Waals surface area (Å²) in [4.78, 5) is 2.24. The third-order valence-electron chi connectivity index (χ3n) is 3.89. The van der Waals surface area contributed by atoms with Crippen molar-refractivity contribution >= 4 is 5.69 Å². The first kappa shape index (κ1) is 15.0. The van der Waals surface area contributed by atoms with Crippen LogP contribution in [0, 0.1) is 11.3 Å². The summed E-state index contributed by atoms with van der Waals surface area (Å²) in [5, 5.41) is 9.08. The molecule has 0 atom stereocenters. The molecule has 0 amide bonds. The molecule has 1 aliphatic rings. The summed E-state index contributed by atoms with van der Waals surface area (Å²) in [7, 11) is 3.23. The van der Waals surface area contributed by atoms with Crippen LogP contribution in [0.3, 0.4) is 0 Å². The Morgan fingerprint density at radius 1 is 1.17 bits per heavy atom. The summed E-state index contributed by atoms with van der Waals surface area (Å²) < 4.78 is 16.3. The average Bonchev–Trinajstić information content (AvgIpc) is 2.61. The second kappa shape index (κ2) is 6.49. The molecule has 0 aliphatic carbocycles. The van der Waals surface area contributed by atoms with E-state index in [1.165, 1.54) is 0 Å². The average molecular weight is 310 g/mol. The molecule has 0 radical (unpaired) electrons. The molecular weight excluding hydrogens is 292 g/mol. The summed E-state index contributed by atoms with van der Waals surface area (Å²) in [6.45, 7) is 2.15. The predicted octanol–water partition coefficient (Wildman–Crippen LogP) is 2.97. The van der Waals surface area contributed by atoms with Crippen molar-refractivity contribution in [3.05, 3.63) is 47.5 Å². The van der Waals surface area contributed by atoms with Gasteiger partial charge in [-0.15, -0.1) is 0 Å². The SMILES string of the molecule is COc1ccc2c(c1)N(Cc1ccc(C#N)c(OC)c1)CCO2. The van der Waals surface area contributed by atoms with Crippen LogP contribution in [0.5, 0.6) is 17.2 Å². The molecule has 0 saturated carbocycles. The molecule has 1 heterocycles. The number of fused-ring (bicyclic) bond motifs is 1. The highest BCUT2D eigenvalue weighted by Crippen LogP contribution is 2.36. The largest absolute Gasteiger partial charge is 0.497 e. The number of hydrogen-bond donors (Lipinski definition) is 0. The Labute approximate surface area is 135 Å². The molecule has 0 N–H and O–H groups in total. The Kier molecular flexibility index (Phi) is 4.24. The van der Waals surface area contributed by atoms with E-state index >= 15 is 0 Å². The number of benzene rings is 2. The monoisotopic (exact) mass is 310 g/mol. The molecular formula is C18H18N2O3. The van der Waals surface area contributed by atoms with Gasteiger partial charge >= 0.3 is 0 Å². The second-order valence-electron chi connectivity index (χ2n) is 5.25. The van der Waals surface area contributed by atoms with Crippen molar-refractivity contribution in [2.75, 3.05) is 32.3 Å². The third kappa shape index (κ3) is 3.02. The minimum atomic E-state index is 0.542. The molecule has 0 unspecified atom stereocenters. The zero-order valence-corrected chi connectivity index (χ0v) is 13.2. The summed E-state index contributed by atoms with van der Waals surface area (Å²) in [5.41, 5.74) is 2.63. The maximum absolute atomic E-state index is 9.08. The number of methoxy groups -OCH3 is 2. The molecule has 2 aromatic carbocycles. The number of nitrogens with zero attached hydrogens (tertiary/aromatic N) is 2. The van der Waals surface area contributed by atoms with Crippen LogP contribution in [0.1, 0.15) is 11.1 Å². The van der Waals surface area contributed by atoms with Crippen LogP contribution in [-0.2, 0) is 6.54 Å². The number of anilines is 1. The highest BCUT2D eigenvalue weighted by molar-refractivity contribution is 5.63. The molecule has 0 saturated heterocycles. The van der Waals surface area contributed by atoms with Gasteiger partial charge in [0.2, 0.25) is 0 Å². The van der Waals surface area contributed by atoms with Crippen LogP contribution >= 0.6 is 0 Å². The minimum Gasteiger partial charge on any atom is -0.497 e. The van der Waals surface area contributed by atoms with Crippen molar-refractivity contribution < 1.29 is 14.2 Å². The molecule has 2 aromatic rings. The highest BCUT2D eigenvalue weighted by Gasteiger charge is 2.19. The van der Waals surface area contributed by atoms with Crippen molar-refractivity contribution in [1.29, 1.82) is 5.26 Å². The summed E-state index contributed by atoms with van der Waals surface area (Å²) in [6, 6.07) is 13.6. The fourth-order valence-electron chi connectivity index (χ4n) is 2.69. The lowest BCUT2D eigenvalue weighted by molar-refractivity contribution is 0.305. The Hall–Kier alpha value is -2.87. The summed E-state index contributed by atoms with van der Waals surface area (Å²) >= 11 is 0. The van der Waals surface area contributed by atoms with Gasteiger partial charge in [-0.25, -0.2) is 0 Å². The fourth-order valence-corrected chi connectivity index (χ4v) is 2.69. The third-order valence-corrected chi connectivity index (χ3v) is 3.89. The van der Waals surface area contributed by atoms with Gasteiger partial charge < -0.3 is 19.1 Å². The van der Waals surface area contributed by atoms with Crippen LogP contribution in [0.2, 0.25) is 0 Å². The first-order valence-corrected chi connectivity index (χ1v) is 7.38. The van der Waals surface area contributed by atoms with E-state index in [2.05, 4.69) is 11.0 Å². The lowest BCUT2D eigenvalue weighted by Gasteiger charge is -2.31. The van der Waals surface area contributed by atoms with Crippen molar-refractivity contribution in [3.63, 3.8) is 0 Å². The predicted molar refractivity (Wildman–Crippen MR) is 87.2 cm³/mol. The molecule has 5 heteroatoms. The normalized spacial score (nSPS) is 12.8. The van der Waals surface area contributed by atoms with E-state index in [1.54, 1.807) is 20.3 Å². The lowest BCUT2D eigenvalue weighted by Crippen LogP contribution is -2.32. The highest BCUT2D eigenvalue weighted by atomic mass is 16.5. The summed E-state index contributed by atoms with van der Waals surface area (Å²) in [5.74, 6) is 2.26. The molecule has 23 heavy (non-hydrogen) atoms. The van der Waals surface area contributed by atoms with Crippen LogP contribution in [-0.4, -0.2) is 27.4 Å². The van der Waals surface area contributed by atoms with E-state index in [9.17, 15) is 0 Å². The van der Waals surface area contributed by atoms with Crippen LogP contribution in [0.4, 0.5) is 5.69 Å². The standard InChI is InChI=1S/C18H18N2O3/c1-21-15-5-6-17-16(10-15)20(7-8-23-17)12-13-3-4-14(11-19)18(9-13)22-2/h3-6,9-10H,7-8,12H2,1-2H3. The smallest absolute Gasteiger partial charge is 0.142 e. The Bertz CT molecular complexity index is 752. The first-order chi connectivity index (χ1) is 11.2. The van der Waals surface area contributed by atoms with Crippen LogP contribution < -0.4 is 19.1 Å². The molecule has 5 nitrogen and oxygen atoms in total. The van der Waals surface area contributed by atoms with Gasteiger partial charge in [0.15, 0.2) is 0 Å². The number of hydrogen-bond acceptors (Lipinski definition) is 5. The van der Waals surface area contributed by atoms with E-state index in [0.29, 0.717) is 24.5 Å². The first-order valence-electron chi connectivity index (χ1n) is 7.38. The second-order valence-corrected chi connectivity index (χ2v) is 5.25. The van der Waals surface area contributed by atoms with E-state index in [-0.39, 0.29) is 0 Å². The maximum atomic E-state index is 9.08. The number of nitriles is 1. The van der Waals surface area contributed by atoms with Gasteiger partial charge in [-0.3, -0.25) is 0 Å². The van der Waals surface area contributed by atoms with Crippen molar-refractivity contribution in [3.8, 4) is 23.3 Å². The van der Waals surface area contributed by atoms with Crippen LogP contribution in [0.15, 0.2) is 36.4 Å². The summed E-state index contributed by atoms with van der Waals surface area (Å²) in [6.07, 6.45) is 0. The maximum Gasteiger partial charge on any atom is 0.142 e. The van der Waals surface area contributed by atoms with Gasteiger partial charge in [0.1, 0.15) is 29.9 Å². The molecule has 118 valence electrons. The zero-order valence-electron chi connectivity index (χ0n) is 13.2. The van der Waals surface area contributed by atoms with Crippen molar-refractivity contribution in [2.45, 2.75) is 6.54 Å². The van der Waals surface area contributed by atoms with E-state index in [1.807, 2.05) is 30.3 Å². The van der Waals surface area contributed by atoms with Gasteiger partial charge in [0, 0.05) is 12.6 Å². The lowest BCUT2D eigenvalue weighted by atomic mass is 10.1. The quantitative estimate of drug-likeness (QED) is 0.869. The number of ether oxygens (including phenoxy) is 3. The van der Waals surface area contributed by atoms with E-state index in [4.69, 9.17) is 19.5 Å². The molecule has 3 rings (SSSR count). The molecule has 0 spiro atoms. The van der Waals surface area contributed by atoms with Crippen LogP contribution in [0.25, 0.3) is 0 Å². The van der Waals surface area contributed by atoms with Crippen molar-refractivity contribution in [2.24, 2.45) is 0 Å². The molecule has 0 fully saturated rings. The van der Waals surface area contributed by atoms with Gasteiger partial charge in [-0.1, -0.05) is 6.07 Å². The topological polar surface area (TPSA) is 54.7 Å². The van der Waals surface area contributed by atoms with Gasteiger partial charge in [-0.2, -0.15) is 5.26 Å². The fraction of sp³-hybridized carbons (Fsp3) is 0.278.